The maximum atomic E-state index is 13.4. The van der Waals surface area contributed by atoms with Crippen LogP contribution in [0.15, 0.2) is 72.8 Å². The molecule has 0 radical (unpaired) electrons. The van der Waals surface area contributed by atoms with E-state index in [4.69, 9.17) is 4.74 Å². The standard InChI is InChI=1S/C25H22FN3O4/c1-15-22(17-9-11-19(12-10-17)33-14-16-5-4-6-18(26)13-16)23(29(31)32)25(28-15)20-7-2-3-8-21(20)27-24(25)30/h2-13,15,22-23,28H,14H2,1H3,(H,27,30)/t15-,22+,23+,25-/m0/s1. The van der Waals surface area contributed by atoms with Crippen LogP contribution >= 0.6 is 0 Å². The van der Waals surface area contributed by atoms with Crippen LogP contribution in [0.1, 0.15) is 29.5 Å². The van der Waals surface area contributed by atoms with Crippen molar-refractivity contribution in [3.63, 3.8) is 0 Å². The molecule has 3 aromatic carbocycles. The van der Waals surface area contributed by atoms with Crippen molar-refractivity contribution < 1.29 is 18.8 Å². The molecule has 1 amide bonds. The maximum absolute atomic E-state index is 13.4. The second kappa shape index (κ2) is 7.97. The molecule has 0 aromatic heterocycles. The first-order valence-corrected chi connectivity index (χ1v) is 10.7. The van der Waals surface area contributed by atoms with Crippen molar-refractivity contribution >= 4 is 11.6 Å². The van der Waals surface area contributed by atoms with Crippen molar-refractivity contribution in [2.75, 3.05) is 5.32 Å². The molecule has 1 fully saturated rings. The predicted octanol–water partition coefficient (Wildman–Crippen LogP) is 3.97. The van der Waals surface area contributed by atoms with E-state index in [9.17, 15) is 19.3 Å². The van der Waals surface area contributed by atoms with E-state index in [1.54, 1.807) is 60.7 Å². The van der Waals surface area contributed by atoms with Gasteiger partial charge in [0.05, 0.1) is 5.92 Å². The van der Waals surface area contributed by atoms with E-state index in [0.29, 0.717) is 22.6 Å². The zero-order chi connectivity index (χ0) is 23.2. The van der Waals surface area contributed by atoms with Crippen LogP contribution in [-0.2, 0) is 16.9 Å². The highest BCUT2D eigenvalue weighted by molar-refractivity contribution is 6.07. The summed E-state index contributed by atoms with van der Waals surface area (Å²) in [6.45, 7) is 2.06. The molecule has 0 unspecified atom stereocenters. The van der Waals surface area contributed by atoms with Crippen LogP contribution in [0.4, 0.5) is 10.1 Å². The van der Waals surface area contributed by atoms with E-state index in [1.165, 1.54) is 12.1 Å². The van der Waals surface area contributed by atoms with Gasteiger partial charge >= 0.3 is 0 Å². The normalized spacial score (nSPS) is 25.6. The second-order valence-corrected chi connectivity index (χ2v) is 8.48. The Bertz CT molecular complexity index is 1230. The number of fused-ring (bicyclic) bond motifs is 2. The Morgan fingerprint density at radius 1 is 1.09 bits per heavy atom. The fourth-order valence-corrected chi connectivity index (χ4v) is 5.13. The summed E-state index contributed by atoms with van der Waals surface area (Å²) >= 11 is 0. The first kappa shape index (κ1) is 21.1. The van der Waals surface area contributed by atoms with E-state index in [2.05, 4.69) is 10.6 Å². The van der Waals surface area contributed by atoms with Crippen molar-refractivity contribution in [3.8, 4) is 5.75 Å². The number of nitrogens with zero attached hydrogens (tertiary/aromatic N) is 1. The molecule has 7 nitrogen and oxygen atoms in total. The number of halogens is 1. The smallest absolute Gasteiger partial charge is 0.256 e. The number of carbonyl (C=O) groups is 1. The minimum Gasteiger partial charge on any atom is -0.489 e. The summed E-state index contributed by atoms with van der Waals surface area (Å²) in [7, 11) is 0. The summed E-state index contributed by atoms with van der Waals surface area (Å²) in [6, 6.07) is 18.8. The molecular weight excluding hydrogens is 425 g/mol. The zero-order valence-corrected chi connectivity index (χ0v) is 17.8. The number of carbonyl (C=O) groups excluding carboxylic acids is 1. The molecule has 4 atom stereocenters. The molecule has 33 heavy (non-hydrogen) atoms. The summed E-state index contributed by atoms with van der Waals surface area (Å²) in [5.41, 5.74) is 1.20. The molecule has 1 spiro atoms. The van der Waals surface area contributed by atoms with E-state index < -0.39 is 23.4 Å². The van der Waals surface area contributed by atoms with Crippen LogP contribution in [0.5, 0.6) is 5.75 Å². The third kappa shape index (κ3) is 3.43. The lowest BCUT2D eigenvalue weighted by Gasteiger charge is -2.25. The Morgan fingerprint density at radius 2 is 1.85 bits per heavy atom. The van der Waals surface area contributed by atoms with E-state index in [1.807, 2.05) is 6.92 Å². The molecule has 0 saturated carbocycles. The third-order valence-corrected chi connectivity index (χ3v) is 6.52. The van der Waals surface area contributed by atoms with Gasteiger partial charge in [-0.3, -0.25) is 20.2 Å². The Labute approximate surface area is 189 Å². The van der Waals surface area contributed by atoms with Gasteiger partial charge in [0.25, 0.3) is 11.9 Å². The average molecular weight is 447 g/mol. The number of amides is 1. The number of nitrogens with one attached hydrogen (secondary N) is 2. The zero-order valence-electron chi connectivity index (χ0n) is 17.8. The first-order valence-electron chi connectivity index (χ1n) is 10.7. The first-order chi connectivity index (χ1) is 15.9. The Morgan fingerprint density at radius 3 is 2.58 bits per heavy atom. The number of rotatable bonds is 5. The Kier molecular flexibility index (Phi) is 5.09. The van der Waals surface area contributed by atoms with Crippen molar-refractivity contribution in [2.24, 2.45) is 0 Å². The monoisotopic (exact) mass is 447 g/mol. The molecule has 1 saturated heterocycles. The van der Waals surface area contributed by atoms with Gasteiger partial charge in [-0.05, 0) is 48.4 Å². The lowest BCUT2D eigenvalue weighted by Crippen LogP contribution is -2.54. The van der Waals surface area contributed by atoms with Gasteiger partial charge in [0.1, 0.15) is 18.2 Å². The van der Waals surface area contributed by atoms with Crippen LogP contribution in [0.2, 0.25) is 0 Å². The van der Waals surface area contributed by atoms with Gasteiger partial charge in [0.15, 0.2) is 5.54 Å². The average Bonchev–Trinajstić information content (AvgIpc) is 3.27. The van der Waals surface area contributed by atoms with Gasteiger partial charge in [-0.1, -0.05) is 42.5 Å². The van der Waals surface area contributed by atoms with Crippen LogP contribution in [0.25, 0.3) is 0 Å². The molecule has 168 valence electrons. The van der Waals surface area contributed by atoms with E-state index >= 15 is 0 Å². The van der Waals surface area contributed by atoms with Crippen LogP contribution in [0, 0.1) is 15.9 Å². The number of para-hydroxylation sites is 1. The van der Waals surface area contributed by atoms with Gasteiger partial charge < -0.3 is 10.1 Å². The van der Waals surface area contributed by atoms with Crippen molar-refractivity contribution in [2.45, 2.75) is 37.1 Å². The molecule has 2 aliphatic rings. The quantitative estimate of drug-likeness (QED) is 0.456. The topological polar surface area (TPSA) is 93.5 Å². The summed E-state index contributed by atoms with van der Waals surface area (Å²) in [5, 5.41) is 18.4. The lowest BCUT2D eigenvalue weighted by molar-refractivity contribution is -0.532. The van der Waals surface area contributed by atoms with E-state index in [-0.39, 0.29) is 23.4 Å². The molecule has 2 aliphatic heterocycles. The summed E-state index contributed by atoms with van der Waals surface area (Å²) in [4.78, 5) is 25.0. The molecule has 2 N–H and O–H groups in total. The van der Waals surface area contributed by atoms with Gasteiger partial charge in [-0.25, -0.2) is 4.39 Å². The molecular formula is C25H22FN3O4. The Balaban J connectivity index is 1.43. The fraction of sp³-hybridized carbons (Fsp3) is 0.240. The number of benzene rings is 3. The molecule has 0 aliphatic carbocycles. The Hall–Kier alpha value is -3.78. The lowest BCUT2D eigenvalue weighted by atomic mass is 9.78. The number of hydrogen-bond donors (Lipinski definition) is 2. The number of nitro groups is 1. The largest absolute Gasteiger partial charge is 0.489 e. The molecule has 3 aromatic rings. The van der Waals surface area contributed by atoms with Crippen molar-refractivity contribution in [3.05, 3.63) is 105 Å². The van der Waals surface area contributed by atoms with Gasteiger partial charge in [-0.2, -0.15) is 0 Å². The van der Waals surface area contributed by atoms with Crippen molar-refractivity contribution in [1.82, 2.24) is 5.32 Å². The van der Waals surface area contributed by atoms with Crippen LogP contribution in [-0.4, -0.2) is 22.9 Å². The van der Waals surface area contributed by atoms with Gasteiger partial charge in [0.2, 0.25) is 0 Å². The van der Waals surface area contributed by atoms with Gasteiger partial charge in [-0.15, -0.1) is 0 Å². The molecule has 2 heterocycles. The van der Waals surface area contributed by atoms with E-state index in [0.717, 1.165) is 5.56 Å². The number of hydrogen-bond acceptors (Lipinski definition) is 5. The highest BCUT2D eigenvalue weighted by atomic mass is 19.1. The second-order valence-electron chi connectivity index (χ2n) is 8.48. The highest BCUT2D eigenvalue weighted by Crippen LogP contribution is 2.49. The minimum absolute atomic E-state index is 0.204. The molecule has 5 rings (SSSR count). The fourth-order valence-electron chi connectivity index (χ4n) is 5.13. The summed E-state index contributed by atoms with van der Waals surface area (Å²) in [6.07, 6.45) is 0. The van der Waals surface area contributed by atoms with Crippen LogP contribution in [0.3, 0.4) is 0 Å². The summed E-state index contributed by atoms with van der Waals surface area (Å²) < 4.78 is 19.1. The highest BCUT2D eigenvalue weighted by Gasteiger charge is 2.67. The number of ether oxygens (including phenoxy) is 1. The third-order valence-electron chi connectivity index (χ3n) is 6.52. The van der Waals surface area contributed by atoms with Gasteiger partial charge in [0, 0.05) is 22.2 Å². The SMILES string of the molecule is C[C@@H]1N[C@]2(C(=O)Nc3ccccc32)[C@H]([N+](=O)[O-])[C@H]1c1ccc(OCc2cccc(F)c2)cc1. The van der Waals surface area contributed by atoms with Crippen molar-refractivity contribution in [1.29, 1.82) is 0 Å². The maximum Gasteiger partial charge on any atom is 0.256 e. The molecule has 8 heteroatoms. The van der Waals surface area contributed by atoms with Crippen LogP contribution < -0.4 is 15.4 Å². The predicted molar refractivity (Wildman–Crippen MR) is 120 cm³/mol. The summed E-state index contributed by atoms with van der Waals surface area (Å²) in [5.74, 6) is -0.701. The number of anilines is 1. The minimum atomic E-state index is -1.43. The molecule has 0 bridgehead atoms.